The normalized spacial score (nSPS) is 13.1. The highest BCUT2D eigenvalue weighted by atomic mass is 35.5. The largest absolute Gasteiger partial charge is 0.387 e. The molecule has 2 heterocycles. The van der Waals surface area contributed by atoms with Crippen molar-refractivity contribution >= 4 is 17.5 Å². The number of hydrogen-bond donors (Lipinski definition) is 3. The number of aryl methyl sites for hydroxylation is 1. The highest BCUT2D eigenvalue weighted by molar-refractivity contribution is 6.31. The molecule has 1 aromatic carbocycles. The molecule has 0 fully saturated rings. The van der Waals surface area contributed by atoms with Gasteiger partial charge in [0, 0.05) is 16.8 Å². The molecule has 0 aliphatic carbocycles. The average molecular weight is 400 g/mol. The predicted octanol–water partition coefficient (Wildman–Crippen LogP) is 3.27. The molecule has 0 saturated carbocycles. The second-order valence-corrected chi connectivity index (χ2v) is 6.99. The maximum Gasteiger partial charge on any atom is 0.272 e. The van der Waals surface area contributed by atoms with E-state index in [2.05, 4.69) is 27.2 Å². The summed E-state index contributed by atoms with van der Waals surface area (Å²) in [6.07, 6.45) is 2.76. The van der Waals surface area contributed by atoms with Crippen LogP contribution in [0.5, 0.6) is 0 Å². The lowest BCUT2D eigenvalue weighted by Gasteiger charge is -2.14. The van der Waals surface area contributed by atoms with Crippen LogP contribution in [0.4, 0.5) is 0 Å². The van der Waals surface area contributed by atoms with Gasteiger partial charge in [-0.05, 0) is 37.6 Å². The standard InChI is InChI=1S/C20H22ClN5O2/c1-4-15(22-20(28)19-10-18(13(3)27)23-24-19)11-26-8-7-17(25-26)14-6-5-12(2)16(21)9-14/h4-10,13,15,27H,1,11H2,2-3H3,(H,22,28)(H,23,24). The lowest BCUT2D eigenvalue weighted by molar-refractivity contribution is 0.0936. The van der Waals surface area contributed by atoms with Crippen LogP contribution in [-0.2, 0) is 6.54 Å². The molecule has 0 spiro atoms. The Kier molecular flexibility index (Phi) is 5.96. The van der Waals surface area contributed by atoms with Crippen LogP contribution in [-0.4, -0.2) is 37.0 Å². The van der Waals surface area contributed by atoms with E-state index < -0.39 is 6.10 Å². The van der Waals surface area contributed by atoms with E-state index in [-0.39, 0.29) is 17.6 Å². The molecule has 2 unspecified atom stereocenters. The summed E-state index contributed by atoms with van der Waals surface area (Å²) in [5.41, 5.74) is 3.42. The number of aliphatic hydroxyl groups is 1. The smallest absolute Gasteiger partial charge is 0.272 e. The van der Waals surface area contributed by atoms with E-state index in [1.807, 2.05) is 37.4 Å². The van der Waals surface area contributed by atoms with Crippen molar-refractivity contribution in [2.45, 2.75) is 32.5 Å². The molecule has 0 saturated heterocycles. The molecule has 3 rings (SSSR count). The fourth-order valence-corrected chi connectivity index (χ4v) is 2.84. The van der Waals surface area contributed by atoms with Gasteiger partial charge in [-0.15, -0.1) is 6.58 Å². The van der Waals surface area contributed by atoms with E-state index in [1.54, 1.807) is 17.7 Å². The summed E-state index contributed by atoms with van der Waals surface area (Å²) in [6.45, 7) is 7.75. The Morgan fingerprint density at radius 3 is 2.86 bits per heavy atom. The van der Waals surface area contributed by atoms with E-state index in [1.165, 1.54) is 6.07 Å². The first-order valence-corrected chi connectivity index (χ1v) is 9.22. The zero-order valence-corrected chi connectivity index (χ0v) is 16.4. The Labute approximate surface area is 168 Å². The number of aliphatic hydroxyl groups excluding tert-OH is 1. The van der Waals surface area contributed by atoms with Crippen LogP contribution in [0, 0.1) is 6.92 Å². The highest BCUT2D eigenvalue weighted by Gasteiger charge is 2.16. The van der Waals surface area contributed by atoms with Crippen molar-refractivity contribution < 1.29 is 9.90 Å². The molecule has 3 N–H and O–H groups in total. The quantitative estimate of drug-likeness (QED) is 0.531. The van der Waals surface area contributed by atoms with Gasteiger partial charge < -0.3 is 10.4 Å². The van der Waals surface area contributed by atoms with Crippen LogP contribution in [0.15, 0.2) is 49.2 Å². The summed E-state index contributed by atoms with van der Waals surface area (Å²) in [4.78, 5) is 12.4. The molecule has 2 atom stereocenters. The Morgan fingerprint density at radius 1 is 1.43 bits per heavy atom. The summed E-state index contributed by atoms with van der Waals surface area (Å²) in [5, 5.41) is 24.2. The predicted molar refractivity (Wildman–Crippen MR) is 108 cm³/mol. The van der Waals surface area contributed by atoms with Crippen molar-refractivity contribution in [2.24, 2.45) is 0 Å². The molecule has 8 heteroatoms. The fourth-order valence-electron chi connectivity index (χ4n) is 2.66. The summed E-state index contributed by atoms with van der Waals surface area (Å²) in [5.74, 6) is -0.356. The number of H-pyrrole nitrogens is 1. The van der Waals surface area contributed by atoms with Crippen LogP contribution < -0.4 is 5.32 Å². The summed E-state index contributed by atoms with van der Waals surface area (Å²) < 4.78 is 1.74. The molecule has 3 aromatic rings. The second kappa shape index (κ2) is 8.41. The maximum atomic E-state index is 12.4. The molecule has 1 amide bonds. The van der Waals surface area contributed by atoms with E-state index in [0.717, 1.165) is 16.8 Å². The average Bonchev–Trinajstić information content (AvgIpc) is 3.33. The number of amides is 1. The summed E-state index contributed by atoms with van der Waals surface area (Å²) >= 11 is 6.19. The number of carbonyl (C=O) groups excluding carboxylic acids is 1. The first kappa shape index (κ1) is 19.9. The number of hydrogen-bond acceptors (Lipinski definition) is 4. The van der Waals surface area contributed by atoms with Gasteiger partial charge in [-0.2, -0.15) is 10.2 Å². The van der Waals surface area contributed by atoms with Gasteiger partial charge in [-0.1, -0.05) is 29.8 Å². The monoisotopic (exact) mass is 399 g/mol. The molecular weight excluding hydrogens is 378 g/mol. The molecule has 0 aliphatic heterocycles. The zero-order chi connectivity index (χ0) is 20.3. The summed E-state index contributed by atoms with van der Waals surface area (Å²) in [7, 11) is 0. The number of benzene rings is 1. The van der Waals surface area contributed by atoms with Crippen molar-refractivity contribution in [1.29, 1.82) is 0 Å². The number of halogens is 1. The van der Waals surface area contributed by atoms with Crippen LogP contribution in [0.2, 0.25) is 5.02 Å². The Balaban J connectivity index is 1.67. The van der Waals surface area contributed by atoms with Gasteiger partial charge in [0.1, 0.15) is 5.69 Å². The number of aromatic nitrogens is 4. The fraction of sp³-hybridized carbons (Fsp3) is 0.250. The van der Waals surface area contributed by atoms with Crippen molar-refractivity contribution in [1.82, 2.24) is 25.3 Å². The third-order valence-electron chi connectivity index (χ3n) is 4.37. The molecule has 146 valence electrons. The lowest BCUT2D eigenvalue weighted by atomic mass is 10.1. The minimum atomic E-state index is -0.720. The SMILES string of the molecule is C=CC(Cn1ccc(-c2ccc(C)c(Cl)c2)n1)NC(=O)c1cc(C(C)O)[nH]n1. The van der Waals surface area contributed by atoms with Crippen LogP contribution in [0.3, 0.4) is 0 Å². The van der Waals surface area contributed by atoms with Crippen molar-refractivity contribution in [2.75, 3.05) is 0 Å². The molecule has 28 heavy (non-hydrogen) atoms. The van der Waals surface area contributed by atoms with Crippen LogP contribution in [0.25, 0.3) is 11.3 Å². The highest BCUT2D eigenvalue weighted by Crippen LogP contribution is 2.24. The molecule has 0 radical (unpaired) electrons. The molecule has 0 bridgehead atoms. The second-order valence-electron chi connectivity index (χ2n) is 6.59. The van der Waals surface area contributed by atoms with E-state index in [0.29, 0.717) is 17.3 Å². The Bertz CT molecular complexity index is 992. The third-order valence-corrected chi connectivity index (χ3v) is 4.78. The number of aromatic amines is 1. The van der Waals surface area contributed by atoms with Gasteiger partial charge in [0.25, 0.3) is 5.91 Å². The maximum absolute atomic E-state index is 12.4. The van der Waals surface area contributed by atoms with Crippen molar-refractivity contribution in [3.63, 3.8) is 0 Å². The molecule has 7 nitrogen and oxygen atoms in total. The molecule has 0 aliphatic rings. The van der Waals surface area contributed by atoms with Crippen LogP contribution in [0.1, 0.15) is 34.8 Å². The van der Waals surface area contributed by atoms with E-state index in [4.69, 9.17) is 11.6 Å². The minimum absolute atomic E-state index is 0.207. The number of nitrogens with zero attached hydrogens (tertiary/aromatic N) is 3. The van der Waals surface area contributed by atoms with Gasteiger partial charge in [0.2, 0.25) is 0 Å². The minimum Gasteiger partial charge on any atom is -0.387 e. The van der Waals surface area contributed by atoms with E-state index in [9.17, 15) is 9.90 Å². The van der Waals surface area contributed by atoms with Gasteiger partial charge in [-0.25, -0.2) is 0 Å². The third kappa shape index (κ3) is 4.49. The van der Waals surface area contributed by atoms with Gasteiger partial charge in [-0.3, -0.25) is 14.6 Å². The van der Waals surface area contributed by atoms with Crippen molar-refractivity contribution in [3.8, 4) is 11.3 Å². The van der Waals surface area contributed by atoms with Crippen molar-refractivity contribution in [3.05, 3.63) is 71.2 Å². The van der Waals surface area contributed by atoms with Gasteiger partial charge >= 0.3 is 0 Å². The zero-order valence-electron chi connectivity index (χ0n) is 15.7. The molecular formula is C20H22ClN5O2. The Morgan fingerprint density at radius 2 is 2.21 bits per heavy atom. The molecule has 2 aromatic heterocycles. The topological polar surface area (TPSA) is 95.8 Å². The number of carbonyl (C=O) groups is 1. The Hall–Kier alpha value is -2.90. The first-order valence-electron chi connectivity index (χ1n) is 8.84. The van der Waals surface area contributed by atoms with Gasteiger partial charge in [0.05, 0.1) is 30.1 Å². The van der Waals surface area contributed by atoms with E-state index >= 15 is 0 Å². The lowest BCUT2D eigenvalue weighted by Crippen LogP contribution is -2.36. The van der Waals surface area contributed by atoms with Gasteiger partial charge in [0.15, 0.2) is 0 Å². The van der Waals surface area contributed by atoms with Crippen LogP contribution >= 0.6 is 11.6 Å². The number of nitrogens with one attached hydrogen (secondary N) is 2. The summed E-state index contributed by atoms with van der Waals surface area (Å²) in [6, 6.07) is 8.88. The first-order chi connectivity index (χ1) is 13.4. The number of rotatable bonds is 7.